The van der Waals surface area contributed by atoms with Gasteiger partial charge in [-0.3, -0.25) is 0 Å². The highest BCUT2D eigenvalue weighted by Gasteiger charge is 2.12. The minimum atomic E-state index is 0.577. The molecule has 1 aromatic carbocycles. The van der Waals surface area contributed by atoms with Crippen molar-refractivity contribution in [2.75, 3.05) is 7.11 Å². The maximum atomic E-state index is 5.78. The van der Waals surface area contributed by atoms with E-state index in [0.717, 1.165) is 16.9 Å². The van der Waals surface area contributed by atoms with Gasteiger partial charge in [-0.25, -0.2) is 0 Å². The molecule has 3 nitrogen and oxygen atoms in total. The van der Waals surface area contributed by atoms with Crippen molar-refractivity contribution in [1.82, 2.24) is 4.57 Å². The second kappa shape index (κ2) is 5.10. The number of nitrogens with zero attached hydrogens (tertiary/aromatic N) is 1. The summed E-state index contributed by atoms with van der Waals surface area (Å²) in [7, 11) is 3.80. The molecule has 0 saturated heterocycles. The highest BCUT2D eigenvalue weighted by Crippen LogP contribution is 2.31. The molecule has 0 fully saturated rings. The summed E-state index contributed by atoms with van der Waals surface area (Å²) >= 11 is 0. The zero-order valence-corrected chi connectivity index (χ0v) is 12.4. The first-order valence-corrected chi connectivity index (χ1v) is 6.50. The van der Waals surface area contributed by atoms with Gasteiger partial charge in [-0.1, -0.05) is 0 Å². The topological polar surface area (TPSA) is 40.2 Å². The van der Waals surface area contributed by atoms with Gasteiger partial charge in [-0.15, -0.1) is 0 Å². The van der Waals surface area contributed by atoms with Crippen molar-refractivity contribution in [3.63, 3.8) is 0 Å². The van der Waals surface area contributed by atoms with Crippen molar-refractivity contribution in [2.45, 2.75) is 27.3 Å². The van der Waals surface area contributed by atoms with Gasteiger partial charge in [-0.2, -0.15) is 0 Å². The van der Waals surface area contributed by atoms with Crippen LogP contribution in [0.3, 0.4) is 0 Å². The Kier molecular flexibility index (Phi) is 3.67. The van der Waals surface area contributed by atoms with E-state index in [2.05, 4.69) is 50.6 Å². The molecule has 0 bridgehead atoms. The predicted molar refractivity (Wildman–Crippen MR) is 79.5 cm³/mol. The Morgan fingerprint density at radius 1 is 1.11 bits per heavy atom. The minimum Gasteiger partial charge on any atom is -0.496 e. The molecule has 1 aromatic heterocycles. The molecule has 0 unspecified atom stereocenters. The van der Waals surface area contributed by atoms with Crippen LogP contribution in [0, 0.1) is 20.8 Å². The highest BCUT2D eigenvalue weighted by molar-refractivity contribution is 5.66. The first kappa shape index (κ1) is 13.7. The Hall–Kier alpha value is -1.74. The van der Waals surface area contributed by atoms with Crippen LogP contribution in [0.25, 0.3) is 11.3 Å². The molecule has 0 atom stereocenters. The molecule has 102 valence electrons. The van der Waals surface area contributed by atoms with E-state index in [1.54, 1.807) is 7.11 Å². The van der Waals surface area contributed by atoms with E-state index in [9.17, 15) is 0 Å². The van der Waals surface area contributed by atoms with E-state index in [1.807, 2.05) is 0 Å². The predicted octanol–water partition coefficient (Wildman–Crippen LogP) is 3.08. The highest BCUT2D eigenvalue weighted by atomic mass is 16.5. The van der Waals surface area contributed by atoms with Crippen molar-refractivity contribution in [2.24, 2.45) is 12.8 Å². The molecular weight excluding hydrogens is 236 g/mol. The number of ether oxygens (including phenoxy) is 1. The normalized spacial score (nSPS) is 10.8. The van der Waals surface area contributed by atoms with Gasteiger partial charge in [0.25, 0.3) is 0 Å². The number of benzene rings is 1. The van der Waals surface area contributed by atoms with Crippen molar-refractivity contribution in [3.05, 3.63) is 40.6 Å². The van der Waals surface area contributed by atoms with Gasteiger partial charge in [0.1, 0.15) is 5.75 Å². The number of rotatable bonds is 3. The van der Waals surface area contributed by atoms with Crippen LogP contribution in [0.2, 0.25) is 0 Å². The van der Waals surface area contributed by atoms with E-state index in [1.165, 1.54) is 22.5 Å². The lowest BCUT2D eigenvalue weighted by atomic mass is 10.0. The molecule has 2 N–H and O–H groups in total. The zero-order valence-electron chi connectivity index (χ0n) is 12.4. The van der Waals surface area contributed by atoms with Crippen LogP contribution < -0.4 is 10.5 Å². The molecule has 2 aromatic rings. The first-order chi connectivity index (χ1) is 8.99. The second-order valence-electron chi connectivity index (χ2n) is 5.05. The fraction of sp³-hybridized carbons (Fsp3) is 0.375. The molecule has 0 aliphatic carbocycles. The SMILES string of the molecule is COc1c(C)cc(-c2cc(CN)c(C)n2C)cc1C. The molecular formula is C16H22N2O. The lowest BCUT2D eigenvalue weighted by Gasteiger charge is -2.12. The fourth-order valence-corrected chi connectivity index (χ4v) is 2.67. The number of nitrogens with two attached hydrogens (primary N) is 1. The minimum absolute atomic E-state index is 0.577. The van der Waals surface area contributed by atoms with Crippen LogP contribution >= 0.6 is 0 Å². The molecule has 0 amide bonds. The van der Waals surface area contributed by atoms with E-state index in [4.69, 9.17) is 10.5 Å². The maximum absolute atomic E-state index is 5.78. The number of hydrogen-bond donors (Lipinski definition) is 1. The van der Waals surface area contributed by atoms with Crippen molar-refractivity contribution in [1.29, 1.82) is 0 Å². The van der Waals surface area contributed by atoms with E-state index in [-0.39, 0.29) is 0 Å². The Balaban J connectivity index is 2.60. The van der Waals surface area contributed by atoms with Gasteiger partial charge >= 0.3 is 0 Å². The maximum Gasteiger partial charge on any atom is 0.124 e. The molecule has 0 spiro atoms. The Labute approximate surface area is 115 Å². The van der Waals surface area contributed by atoms with Crippen LogP contribution in [-0.4, -0.2) is 11.7 Å². The third-order valence-electron chi connectivity index (χ3n) is 3.82. The molecule has 3 heteroatoms. The van der Waals surface area contributed by atoms with Crippen molar-refractivity contribution in [3.8, 4) is 17.0 Å². The number of methoxy groups -OCH3 is 1. The number of aromatic nitrogens is 1. The molecule has 0 aliphatic heterocycles. The standard InChI is InChI=1S/C16H22N2O/c1-10-6-13(7-11(2)16(10)19-5)15-8-14(9-17)12(3)18(15)4/h6-8H,9,17H2,1-5H3. The van der Waals surface area contributed by atoms with Crippen molar-refractivity contribution < 1.29 is 4.74 Å². The Morgan fingerprint density at radius 3 is 2.11 bits per heavy atom. The van der Waals surface area contributed by atoms with Gasteiger partial charge in [0.2, 0.25) is 0 Å². The first-order valence-electron chi connectivity index (χ1n) is 6.50. The van der Waals surface area contributed by atoms with Gasteiger partial charge in [0.15, 0.2) is 0 Å². The second-order valence-corrected chi connectivity index (χ2v) is 5.05. The van der Waals surface area contributed by atoms with Crippen LogP contribution in [0.1, 0.15) is 22.4 Å². The number of hydrogen-bond acceptors (Lipinski definition) is 2. The summed E-state index contributed by atoms with van der Waals surface area (Å²) in [5.74, 6) is 0.966. The summed E-state index contributed by atoms with van der Waals surface area (Å²) < 4.78 is 7.62. The lowest BCUT2D eigenvalue weighted by molar-refractivity contribution is 0.408. The molecule has 0 aliphatic rings. The third kappa shape index (κ3) is 2.26. The van der Waals surface area contributed by atoms with Gasteiger partial charge in [0, 0.05) is 25.0 Å². The Morgan fingerprint density at radius 2 is 1.68 bits per heavy atom. The fourth-order valence-electron chi connectivity index (χ4n) is 2.67. The summed E-state index contributed by atoms with van der Waals surface area (Å²) in [6, 6.07) is 6.51. The molecule has 0 radical (unpaired) electrons. The molecule has 0 saturated carbocycles. The summed E-state index contributed by atoms with van der Waals surface area (Å²) in [4.78, 5) is 0. The van der Waals surface area contributed by atoms with Gasteiger partial charge < -0.3 is 15.0 Å². The summed E-state index contributed by atoms with van der Waals surface area (Å²) in [6.07, 6.45) is 0. The number of aryl methyl sites for hydroxylation is 2. The van der Waals surface area contributed by atoms with Crippen LogP contribution in [0.15, 0.2) is 18.2 Å². The molecule has 1 heterocycles. The third-order valence-corrected chi connectivity index (χ3v) is 3.82. The lowest BCUT2D eigenvalue weighted by Crippen LogP contribution is -1.99. The largest absolute Gasteiger partial charge is 0.496 e. The zero-order chi connectivity index (χ0) is 14.2. The van der Waals surface area contributed by atoms with E-state index in [0.29, 0.717) is 6.54 Å². The quantitative estimate of drug-likeness (QED) is 0.919. The average molecular weight is 258 g/mol. The van der Waals surface area contributed by atoms with Gasteiger partial charge in [-0.05, 0) is 61.2 Å². The Bertz CT molecular complexity index is 588. The summed E-state index contributed by atoms with van der Waals surface area (Å²) in [6.45, 7) is 6.84. The van der Waals surface area contributed by atoms with Crippen LogP contribution in [-0.2, 0) is 13.6 Å². The average Bonchev–Trinajstić information content (AvgIpc) is 2.65. The van der Waals surface area contributed by atoms with Crippen molar-refractivity contribution >= 4 is 0 Å². The summed E-state index contributed by atoms with van der Waals surface area (Å²) in [5.41, 5.74) is 12.9. The van der Waals surface area contributed by atoms with Gasteiger partial charge in [0.05, 0.1) is 7.11 Å². The monoisotopic (exact) mass is 258 g/mol. The van der Waals surface area contributed by atoms with Crippen LogP contribution in [0.5, 0.6) is 5.75 Å². The molecule has 2 rings (SSSR count). The van der Waals surface area contributed by atoms with Crippen LogP contribution in [0.4, 0.5) is 0 Å². The van der Waals surface area contributed by atoms with E-state index >= 15 is 0 Å². The summed E-state index contributed by atoms with van der Waals surface area (Å²) in [5, 5.41) is 0. The molecule has 19 heavy (non-hydrogen) atoms. The smallest absolute Gasteiger partial charge is 0.124 e. The van der Waals surface area contributed by atoms with E-state index < -0.39 is 0 Å².